The molecule has 5 nitrogen and oxygen atoms in total. The molecule has 1 N–H and O–H groups in total. The summed E-state index contributed by atoms with van der Waals surface area (Å²) < 4.78 is 10.4. The normalized spacial score (nSPS) is 10.3. The summed E-state index contributed by atoms with van der Waals surface area (Å²) in [6, 6.07) is 7.21. The second-order valence-electron chi connectivity index (χ2n) is 4.10. The van der Waals surface area contributed by atoms with Crippen LogP contribution in [0.1, 0.15) is 27.4 Å². The van der Waals surface area contributed by atoms with Gasteiger partial charge in [-0.2, -0.15) is 0 Å². The molecule has 94 valence electrons. The van der Waals surface area contributed by atoms with E-state index in [1.54, 1.807) is 0 Å². The van der Waals surface area contributed by atoms with Gasteiger partial charge in [0.25, 0.3) is 0 Å². The molecule has 18 heavy (non-hydrogen) atoms. The van der Waals surface area contributed by atoms with Crippen LogP contribution in [-0.4, -0.2) is 16.2 Å². The number of hydrogen-bond acceptors (Lipinski definition) is 4. The lowest BCUT2D eigenvalue weighted by atomic mass is 10.1. The van der Waals surface area contributed by atoms with Crippen molar-refractivity contribution in [3.05, 3.63) is 46.8 Å². The van der Waals surface area contributed by atoms with Crippen molar-refractivity contribution in [3.63, 3.8) is 0 Å². The Morgan fingerprint density at radius 2 is 1.94 bits per heavy atom. The maximum atomic E-state index is 10.6. The zero-order valence-electron chi connectivity index (χ0n) is 10.1. The number of carboxylic acids is 1. The maximum absolute atomic E-state index is 10.6. The Morgan fingerprint density at radius 1 is 1.28 bits per heavy atom. The van der Waals surface area contributed by atoms with E-state index >= 15 is 0 Å². The predicted molar refractivity (Wildman–Crippen MR) is 63.7 cm³/mol. The summed E-state index contributed by atoms with van der Waals surface area (Å²) in [4.78, 5) is 10.6. The second kappa shape index (κ2) is 4.91. The number of aryl methyl sites for hydroxylation is 2. The van der Waals surface area contributed by atoms with Crippen molar-refractivity contribution in [2.75, 3.05) is 0 Å². The molecule has 0 fully saturated rings. The highest BCUT2D eigenvalue weighted by atomic mass is 16.5. The van der Waals surface area contributed by atoms with Gasteiger partial charge >= 0.3 is 5.97 Å². The number of carbonyl (C=O) groups is 1. The van der Waals surface area contributed by atoms with Gasteiger partial charge in [-0.1, -0.05) is 11.2 Å². The van der Waals surface area contributed by atoms with Gasteiger partial charge in [-0.05, 0) is 37.1 Å². The molecule has 2 rings (SSSR count). The van der Waals surface area contributed by atoms with E-state index < -0.39 is 5.97 Å². The standard InChI is InChI=1S/C13H13NO4/c1-8-3-9(2)5-10(4-8)17-7-11-6-12(13(15)16)14-18-11/h3-6H,7H2,1-2H3,(H,15,16). The minimum atomic E-state index is -1.11. The van der Waals surface area contributed by atoms with Crippen LogP contribution in [0, 0.1) is 13.8 Å². The number of hydrogen-bond donors (Lipinski definition) is 1. The first-order valence-electron chi connectivity index (χ1n) is 5.44. The Balaban J connectivity index is 2.04. The zero-order valence-corrected chi connectivity index (χ0v) is 10.1. The van der Waals surface area contributed by atoms with Gasteiger partial charge in [0.2, 0.25) is 0 Å². The zero-order chi connectivity index (χ0) is 13.1. The van der Waals surface area contributed by atoms with E-state index in [0.717, 1.165) is 16.9 Å². The van der Waals surface area contributed by atoms with Gasteiger partial charge in [0.05, 0.1) is 0 Å². The maximum Gasteiger partial charge on any atom is 0.358 e. The fourth-order valence-corrected chi connectivity index (χ4v) is 1.65. The van der Waals surface area contributed by atoms with Crippen LogP contribution in [0.5, 0.6) is 5.75 Å². The monoisotopic (exact) mass is 247 g/mol. The van der Waals surface area contributed by atoms with Crippen molar-refractivity contribution in [2.24, 2.45) is 0 Å². The number of ether oxygens (including phenoxy) is 1. The smallest absolute Gasteiger partial charge is 0.358 e. The van der Waals surface area contributed by atoms with Gasteiger partial charge in [0, 0.05) is 6.07 Å². The topological polar surface area (TPSA) is 72.6 Å². The fourth-order valence-electron chi connectivity index (χ4n) is 1.65. The molecular weight excluding hydrogens is 234 g/mol. The SMILES string of the molecule is Cc1cc(C)cc(OCc2cc(C(=O)O)no2)c1. The molecular formula is C13H13NO4. The molecule has 1 aromatic heterocycles. The highest BCUT2D eigenvalue weighted by Crippen LogP contribution is 2.17. The van der Waals surface area contributed by atoms with Crippen LogP contribution in [0.15, 0.2) is 28.8 Å². The van der Waals surface area contributed by atoms with Gasteiger partial charge in [-0.25, -0.2) is 4.79 Å². The highest BCUT2D eigenvalue weighted by molar-refractivity contribution is 5.85. The Bertz CT molecular complexity index is 554. The first-order chi connectivity index (χ1) is 8.54. The third-order valence-electron chi connectivity index (χ3n) is 2.35. The first-order valence-corrected chi connectivity index (χ1v) is 5.44. The minimum Gasteiger partial charge on any atom is -0.486 e. The number of carboxylic acid groups (broad SMARTS) is 1. The van der Waals surface area contributed by atoms with E-state index in [9.17, 15) is 4.79 Å². The Kier molecular flexibility index (Phi) is 3.32. The second-order valence-corrected chi connectivity index (χ2v) is 4.10. The molecule has 0 unspecified atom stereocenters. The third-order valence-corrected chi connectivity index (χ3v) is 2.35. The number of rotatable bonds is 4. The van der Waals surface area contributed by atoms with E-state index in [4.69, 9.17) is 14.4 Å². The molecule has 0 atom stereocenters. The van der Waals surface area contributed by atoms with Crippen LogP contribution >= 0.6 is 0 Å². The highest BCUT2D eigenvalue weighted by Gasteiger charge is 2.11. The molecule has 0 aliphatic carbocycles. The Hall–Kier alpha value is -2.30. The van der Waals surface area contributed by atoms with Crippen LogP contribution < -0.4 is 4.74 Å². The molecule has 0 aliphatic rings. The van der Waals surface area contributed by atoms with Crippen LogP contribution in [0.25, 0.3) is 0 Å². The van der Waals surface area contributed by atoms with Gasteiger partial charge in [-0.15, -0.1) is 0 Å². The molecule has 0 amide bonds. The van der Waals surface area contributed by atoms with Crippen LogP contribution in [0.4, 0.5) is 0 Å². The third kappa shape index (κ3) is 2.88. The van der Waals surface area contributed by atoms with E-state index in [2.05, 4.69) is 5.16 Å². The predicted octanol–water partition coefficient (Wildman–Crippen LogP) is 2.57. The lowest BCUT2D eigenvalue weighted by molar-refractivity contribution is 0.0685. The average molecular weight is 247 g/mol. The first kappa shape index (κ1) is 12.2. The molecule has 0 saturated heterocycles. The van der Waals surface area contributed by atoms with Crippen molar-refractivity contribution in [1.29, 1.82) is 0 Å². The van der Waals surface area contributed by atoms with Gasteiger partial charge < -0.3 is 14.4 Å². The Morgan fingerprint density at radius 3 is 2.50 bits per heavy atom. The molecule has 2 aromatic rings. The van der Waals surface area contributed by atoms with Gasteiger partial charge in [0.15, 0.2) is 11.5 Å². The summed E-state index contributed by atoms with van der Waals surface area (Å²) >= 11 is 0. The lowest BCUT2D eigenvalue weighted by Gasteiger charge is -2.05. The summed E-state index contributed by atoms with van der Waals surface area (Å²) in [6.45, 7) is 4.12. The number of aromatic carboxylic acids is 1. The molecule has 0 saturated carbocycles. The van der Waals surface area contributed by atoms with Crippen LogP contribution in [-0.2, 0) is 6.61 Å². The largest absolute Gasteiger partial charge is 0.486 e. The van der Waals surface area contributed by atoms with Crippen molar-refractivity contribution >= 4 is 5.97 Å². The summed E-state index contributed by atoms with van der Waals surface area (Å²) in [7, 11) is 0. The molecule has 0 spiro atoms. The van der Waals surface area contributed by atoms with E-state index in [-0.39, 0.29) is 12.3 Å². The van der Waals surface area contributed by atoms with E-state index in [1.165, 1.54) is 6.07 Å². The van der Waals surface area contributed by atoms with E-state index in [1.807, 2.05) is 32.0 Å². The lowest BCUT2D eigenvalue weighted by Crippen LogP contribution is -1.96. The van der Waals surface area contributed by atoms with Crippen LogP contribution in [0.2, 0.25) is 0 Å². The molecule has 5 heteroatoms. The fraction of sp³-hybridized carbons (Fsp3) is 0.231. The van der Waals surface area contributed by atoms with Gasteiger partial charge in [0.1, 0.15) is 12.4 Å². The average Bonchev–Trinajstić information content (AvgIpc) is 2.73. The summed E-state index contributed by atoms with van der Waals surface area (Å²) in [6.07, 6.45) is 0. The minimum absolute atomic E-state index is 0.117. The van der Waals surface area contributed by atoms with E-state index in [0.29, 0.717) is 5.76 Å². The van der Waals surface area contributed by atoms with Crippen molar-refractivity contribution in [1.82, 2.24) is 5.16 Å². The van der Waals surface area contributed by atoms with Crippen molar-refractivity contribution in [3.8, 4) is 5.75 Å². The summed E-state index contributed by atoms with van der Waals surface area (Å²) in [5.41, 5.74) is 2.09. The van der Waals surface area contributed by atoms with Crippen molar-refractivity contribution < 1.29 is 19.2 Å². The number of benzene rings is 1. The number of aromatic nitrogens is 1. The molecule has 1 aromatic carbocycles. The molecule has 1 heterocycles. The molecule has 0 aliphatic heterocycles. The Labute approximate surface area is 104 Å². The summed E-state index contributed by atoms with van der Waals surface area (Å²) in [5.74, 6) is -0.0104. The van der Waals surface area contributed by atoms with Crippen molar-refractivity contribution in [2.45, 2.75) is 20.5 Å². The quantitative estimate of drug-likeness (QED) is 0.898. The molecule has 0 bridgehead atoms. The summed E-state index contributed by atoms with van der Waals surface area (Å²) in [5, 5.41) is 12.1. The van der Waals surface area contributed by atoms with Crippen LogP contribution in [0.3, 0.4) is 0 Å². The van der Waals surface area contributed by atoms with Gasteiger partial charge in [-0.3, -0.25) is 0 Å². The molecule has 0 radical (unpaired) electrons. The number of nitrogens with zero attached hydrogens (tertiary/aromatic N) is 1.